The number of hydrogen-bond acceptors (Lipinski definition) is 3. The van der Waals surface area contributed by atoms with Crippen molar-refractivity contribution in [2.45, 2.75) is 20.8 Å². The molecule has 1 aromatic heterocycles. The Bertz CT molecular complexity index is 320. The average Bonchev–Trinajstić information content (AvgIpc) is 2.53. The number of hydrogen-bond donors (Lipinski definition) is 1. The lowest BCUT2D eigenvalue weighted by Gasteiger charge is -2.09. The van der Waals surface area contributed by atoms with E-state index in [4.69, 9.17) is 4.42 Å². The summed E-state index contributed by atoms with van der Waals surface area (Å²) in [7, 11) is 0. The normalized spacial score (nSPS) is 11.9. The number of amides is 1. The van der Waals surface area contributed by atoms with Crippen molar-refractivity contribution in [3.05, 3.63) is 24.2 Å². The maximum absolute atomic E-state index is 11.3. The lowest BCUT2D eigenvalue weighted by Crippen LogP contribution is -2.19. The molecule has 0 unspecified atom stereocenters. The van der Waals surface area contributed by atoms with Gasteiger partial charge in [0.05, 0.1) is 6.26 Å². The molecule has 0 bridgehead atoms. The van der Waals surface area contributed by atoms with Gasteiger partial charge in [-0.3, -0.25) is 4.79 Å². The van der Waals surface area contributed by atoms with Crippen LogP contribution in [-0.2, 0) is 0 Å². The Balaban J connectivity index is 2.48. The maximum atomic E-state index is 11.3. The fourth-order valence-electron chi connectivity index (χ4n) is 0.747. The first kappa shape index (κ1) is 10.5. The largest absolute Gasteiger partial charge is 0.459 e. The van der Waals surface area contributed by atoms with Crippen molar-refractivity contribution in [2.75, 3.05) is 0 Å². The standard InChI is InChI=1S/C10H14N2O2/c1-10(2,3)7-11-12-9(13)8-5-4-6-14-8/h4-7H,1-3H3,(H,12,13)/b11-7-. The highest BCUT2D eigenvalue weighted by molar-refractivity contribution is 5.91. The van der Waals surface area contributed by atoms with E-state index in [1.54, 1.807) is 18.3 Å². The predicted molar refractivity (Wildman–Crippen MR) is 54.1 cm³/mol. The highest BCUT2D eigenvalue weighted by atomic mass is 16.3. The Morgan fingerprint density at radius 3 is 2.79 bits per heavy atom. The van der Waals surface area contributed by atoms with Gasteiger partial charge in [0.1, 0.15) is 0 Å². The van der Waals surface area contributed by atoms with Crippen LogP contribution in [0, 0.1) is 5.41 Å². The molecule has 0 radical (unpaired) electrons. The molecule has 1 amide bonds. The van der Waals surface area contributed by atoms with E-state index in [1.807, 2.05) is 20.8 Å². The second kappa shape index (κ2) is 4.09. The monoisotopic (exact) mass is 194 g/mol. The summed E-state index contributed by atoms with van der Waals surface area (Å²) in [6.45, 7) is 5.99. The van der Waals surface area contributed by atoms with Gasteiger partial charge in [0, 0.05) is 6.21 Å². The van der Waals surface area contributed by atoms with Gasteiger partial charge >= 0.3 is 5.91 Å². The second-order valence-corrected chi connectivity index (χ2v) is 4.04. The molecule has 4 nitrogen and oxygen atoms in total. The quantitative estimate of drug-likeness (QED) is 0.578. The van der Waals surface area contributed by atoms with Crippen molar-refractivity contribution >= 4 is 12.1 Å². The van der Waals surface area contributed by atoms with Gasteiger partial charge in [-0.15, -0.1) is 0 Å². The van der Waals surface area contributed by atoms with Crippen molar-refractivity contribution in [2.24, 2.45) is 10.5 Å². The topological polar surface area (TPSA) is 54.6 Å². The van der Waals surface area contributed by atoms with Crippen molar-refractivity contribution < 1.29 is 9.21 Å². The fourth-order valence-corrected chi connectivity index (χ4v) is 0.747. The lowest BCUT2D eigenvalue weighted by molar-refractivity contribution is 0.0927. The van der Waals surface area contributed by atoms with E-state index in [-0.39, 0.29) is 17.1 Å². The molecule has 0 saturated heterocycles. The molecular weight excluding hydrogens is 180 g/mol. The SMILES string of the molecule is CC(C)(C)/C=N\NC(=O)c1ccco1. The molecule has 1 aromatic rings. The highest BCUT2D eigenvalue weighted by Gasteiger charge is 2.08. The minimum absolute atomic E-state index is 0.0452. The van der Waals surface area contributed by atoms with E-state index in [1.165, 1.54) is 6.26 Å². The van der Waals surface area contributed by atoms with Gasteiger partial charge < -0.3 is 4.42 Å². The third-order valence-corrected chi connectivity index (χ3v) is 1.36. The molecule has 0 atom stereocenters. The van der Waals surface area contributed by atoms with Crippen LogP contribution in [-0.4, -0.2) is 12.1 Å². The Kier molecular flexibility index (Phi) is 3.06. The molecule has 0 aromatic carbocycles. The molecule has 1 N–H and O–H groups in total. The molecular formula is C10H14N2O2. The van der Waals surface area contributed by atoms with Crippen molar-refractivity contribution in [3.63, 3.8) is 0 Å². The van der Waals surface area contributed by atoms with Crippen LogP contribution in [0.15, 0.2) is 27.9 Å². The van der Waals surface area contributed by atoms with Gasteiger partial charge in [0.2, 0.25) is 0 Å². The van der Waals surface area contributed by atoms with Gasteiger partial charge in [-0.1, -0.05) is 20.8 Å². The lowest BCUT2D eigenvalue weighted by atomic mass is 9.99. The molecule has 14 heavy (non-hydrogen) atoms. The van der Waals surface area contributed by atoms with E-state index in [2.05, 4.69) is 10.5 Å². The number of nitrogens with zero attached hydrogens (tertiary/aromatic N) is 1. The van der Waals surface area contributed by atoms with Crippen LogP contribution in [0.1, 0.15) is 31.3 Å². The van der Waals surface area contributed by atoms with Crippen molar-refractivity contribution in [1.82, 2.24) is 5.43 Å². The first-order valence-electron chi connectivity index (χ1n) is 4.37. The van der Waals surface area contributed by atoms with E-state index in [0.29, 0.717) is 0 Å². The fraction of sp³-hybridized carbons (Fsp3) is 0.400. The van der Waals surface area contributed by atoms with E-state index in [9.17, 15) is 4.79 Å². The van der Waals surface area contributed by atoms with Crippen LogP contribution in [0.25, 0.3) is 0 Å². The third-order valence-electron chi connectivity index (χ3n) is 1.36. The Labute approximate surface area is 83.0 Å². The molecule has 0 fully saturated rings. The van der Waals surface area contributed by atoms with Crippen LogP contribution in [0.4, 0.5) is 0 Å². The van der Waals surface area contributed by atoms with Crippen LogP contribution < -0.4 is 5.43 Å². The predicted octanol–water partition coefficient (Wildman–Crippen LogP) is 2.04. The van der Waals surface area contributed by atoms with Crippen LogP contribution in [0.2, 0.25) is 0 Å². The summed E-state index contributed by atoms with van der Waals surface area (Å²) in [5.74, 6) is -0.0773. The summed E-state index contributed by atoms with van der Waals surface area (Å²) in [4.78, 5) is 11.3. The molecule has 0 spiro atoms. The summed E-state index contributed by atoms with van der Waals surface area (Å²) >= 11 is 0. The number of carbonyl (C=O) groups excluding carboxylic acids is 1. The Hall–Kier alpha value is -1.58. The number of carbonyl (C=O) groups is 1. The number of rotatable bonds is 2. The van der Waals surface area contributed by atoms with Gasteiger partial charge in [0.15, 0.2) is 5.76 Å². The maximum Gasteiger partial charge on any atom is 0.307 e. The van der Waals surface area contributed by atoms with Crippen LogP contribution in [0.5, 0.6) is 0 Å². The highest BCUT2D eigenvalue weighted by Crippen LogP contribution is 2.07. The van der Waals surface area contributed by atoms with Crippen molar-refractivity contribution in [1.29, 1.82) is 0 Å². The first-order chi connectivity index (χ1) is 6.49. The second-order valence-electron chi connectivity index (χ2n) is 4.04. The number of hydrazone groups is 1. The smallest absolute Gasteiger partial charge is 0.307 e. The zero-order valence-corrected chi connectivity index (χ0v) is 8.57. The Morgan fingerprint density at radius 2 is 2.29 bits per heavy atom. The zero-order valence-electron chi connectivity index (χ0n) is 8.57. The molecule has 1 heterocycles. The van der Waals surface area contributed by atoms with E-state index < -0.39 is 0 Å². The summed E-state index contributed by atoms with van der Waals surface area (Å²) < 4.78 is 4.89. The van der Waals surface area contributed by atoms with Gasteiger partial charge in [0.25, 0.3) is 0 Å². The molecule has 0 aliphatic heterocycles. The molecule has 1 rings (SSSR count). The minimum atomic E-state index is -0.337. The van der Waals surface area contributed by atoms with Gasteiger partial charge in [-0.25, -0.2) is 5.43 Å². The zero-order chi connectivity index (χ0) is 10.6. The summed E-state index contributed by atoms with van der Waals surface area (Å²) in [5, 5.41) is 3.81. The van der Waals surface area contributed by atoms with Crippen LogP contribution >= 0.6 is 0 Å². The van der Waals surface area contributed by atoms with Gasteiger partial charge in [-0.2, -0.15) is 5.10 Å². The van der Waals surface area contributed by atoms with Crippen LogP contribution in [0.3, 0.4) is 0 Å². The van der Waals surface area contributed by atoms with E-state index in [0.717, 1.165) is 0 Å². The Morgan fingerprint density at radius 1 is 1.57 bits per heavy atom. The first-order valence-corrected chi connectivity index (χ1v) is 4.37. The summed E-state index contributed by atoms with van der Waals surface area (Å²) in [6.07, 6.45) is 3.12. The van der Waals surface area contributed by atoms with E-state index >= 15 is 0 Å². The molecule has 0 aliphatic rings. The summed E-state index contributed by atoms with van der Waals surface area (Å²) in [5.41, 5.74) is 2.33. The van der Waals surface area contributed by atoms with Crippen molar-refractivity contribution in [3.8, 4) is 0 Å². The molecule has 76 valence electrons. The molecule has 0 aliphatic carbocycles. The average molecular weight is 194 g/mol. The number of furan rings is 1. The number of nitrogens with one attached hydrogen (secondary N) is 1. The third kappa shape index (κ3) is 3.43. The molecule has 4 heteroatoms. The molecule has 0 saturated carbocycles. The van der Waals surface area contributed by atoms with Gasteiger partial charge in [-0.05, 0) is 17.5 Å². The summed E-state index contributed by atoms with van der Waals surface area (Å²) in [6, 6.07) is 3.24. The minimum Gasteiger partial charge on any atom is -0.459 e.